The van der Waals surface area contributed by atoms with Crippen molar-refractivity contribution in [2.45, 2.75) is 12.3 Å². The predicted molar refractivity (Wildman–Crippen MR) is 64.9 cm³/mol. The van der Waals surface area contributed by atoms with Crippen LogP contribution < -0.4 is 0 Å². The largest absolute Gasteiger partial charge is 0.244 e. The third-order valence-electron chi connectivity index (χ3n) is 1.95. The van der Waals surface area contributed by atoms with E-state index in [-0.39, 0.29) is 0 Å². The molecule has 0 saturated carbocycles. The van der Waals surface area contributed by atoms with Crippen molar-refractivity contribution < 1.29 is 0 Å². The van der Waals surface area contributed by atoms with E-state index in [1.165, 1.54) is 16.0 Å². The van der Waals surface area contributed by atoms with Crippen LogP contribution in [-0.4, -0.2) is 4.98 Å². The molecule has 0 amide bonds. The Bertz CT molecular complexity index is 436. The molecule has 0 atom stereocenters. The van der Waals surface area contributed by atoms with E-state index in [2.05, 4.69) is 52.1 Å². The number of nitrogens with zero attached hydrogens (tertiary/aromatic N) is 1. The third-order valence-corrected chi connectivity index (χ3v) is 3.97. The van der Waals surface area contributed by atoms with E-state index in [0.717, 1.165) is 10.3 Å². The van der Waals surface area contributed by atoms with E-state index in [4.69, 9.17) is 0 Å². The van der Waals surface area contributed by atoms with Gasteiger partial charge >= 0.3 is 0 Å². The molecule has 1 heterocycles. The summed E-state index contributed by atoms with van der Waals surface area (Å²) in [4.78, 5) is 5.65. The maximum atomic E-state index is 4.39. The number of thiazole rings is 1. The number of hydrogen-bond acceptors (Lipinski definition) is 2. The van der Waals surface area contributed by atoms with Gasteiger partial charge in [-0.25, -0.2) is 4.98 Å². The minimum absolute atomic E-state index is 0.885. The Kier molecular flexibility index (Phi) is 2.99. The Morgan fingerprint density at radius 1 is 1.43 bits per heavy atom. The second-order valence-corrected chi connectivity index (χ2v) is 4.81. The lowest BCUT2D eigenvalue weighted by Crippen LogP contribution is -1.76. The van der Waals surface area contributed by atoms with E-state index in [9.17, 15) is 0 Å². The third kappa shape index (κ3) is 2.04. The van der Waals surface area contributed by atoms with Crippen molar-refractivity contribution in [3.63, 3.8) is 0 Å². The van der Waals surface area contributed by atoms with Crippen molar-refractivity contribution in [1.82, 2.24) is 4.98 Å². The highest BCUT2D eigenvalue weighted by atomic mass is 79.9. The lowest BCUT2D eigenvalue weighted by Gasteiger charge is -1.96. The first kappa shape index (κ1) is 9.87. The molecule has 0 aliphatic rings. The van der Waals surface area contributed by atoms with Gasteiger partial charge in [0.1, 0.15) is 5.01 Å². The van der Waals surface area contributed by atoms with Gasteiger partial charge < -0.3 is 0 Å². The van der Waals surface area contributed by atoms with Crippen LogP contribution in [0.2, 0.25) is 0 Å². The van der Waals surface area contributed by atoms with Crippen LogP contribution in [0.15, 0.2) is 30.5 Å². The fourth-order valence-electron chi connectivity index (χ4n) is 1.28. The van der Waals surface area contributed by atoms with Crippen LogP contribution in [-0.2, 0) is 5.33 Å². The quantitative estimate of drug-likeness (QED) is 0.750. The highest BCUT2D eigenvalue weighted by molar-refractivity contribution is 9.08. The van der Waals surface area contributed by atoms with Gasteiger partial charge in [-0.3, -0.25) is 0 Å². The molecule has 2 rings (SSSR count). The van der Waals surface area contributed by atoms with Gasteiger partial charge in [-0.1, -0.05) is 39.7 Å². The van der Waals surface area contributed by atoms with E-state index in [0.29, 0.717) is 0 Å². The van der Waals surface area contributed by atoms with Crippen LogP contribution >= 0.6 is 27.3 Å². The molecule has 72 valence electrons. The topological polar surface area (TPSA) is 12.9 Å². The first-order valence-corrected chi connectivity index (χ1v) is 6.31. The van der Waals surface area contributed by atoms with Gasteiger partial charge in [-0.2, -0.15) is 0 Å². The molecule has 1 aromatic heterocycles. The summed E-state index contributed by atoms with van der Waals surface area (Å²) >= 11 is 5.16. The molecule has 0 aliphatic carbocycles. The van der Waals surface area contributed by atoms with Crippen molar-refractivity contribution in [3.8, 4) is 10.6 Å². The fraction of sp³-hybridized carbons (Fsp3) is 0.182. The standard InChI is InChI=1S/C11H10BrNS/c1-8-3-2-4-9(5-8)11-13-7-10(6-12)14-11/h2-5,7H,6H2,1H3. The number of hydrogen-bond donors (Lipinski definition) is 0. The summed E-state index contributed by atoms with van der Waals surface area (Å²) in [6.45, 7) is 2.10. The monoisotopic (exact) mass is 267 g/mol. The zero-order valence-electron chi connectivity index (χ0n) is 7.83. The van der Waals surface area contributed by atoms with Crippen molar-refractivity contribution in [2.24, 2.45) is 0 Å². The molecule has 14 heavy (non-hydrogen) atoms. The van der Waals surface area contributed by atoms with E-state index < -0.39 is 0 Å². The van der Waals surface area contributed by atoms with Crippen molar-refractivity contribution in [1.29, 1.82) is 0 Å². The average Bonchev–Trinajstić information content (AvgIpc) is 2.66. The Hall–Kier alpha value is -0.670. The maximum absolute atomic E-state index is 4.39. The van der Waals surface area contributed by atoms with E-state index in [1.807, 2.05) is 6.20 Å². The van der Waals surface area contributed by atoms with Crippen LogP contribution in [0, 0.1) is 6.92 Å². The Morgan fingerprint density at radius 2 is 2.29 bits per heavy atom. The minimum atomic E-state index is 0.885. The molecule has 1 aromatic carbocycles. The first-order valence-electron chi connectivity index (χ1n) is 4.37. The van der Waals surface area contributed by atoms with E-state index in [1.54, 1.807) is 11.3 Å². The number of aromatic nitrogens is 1. The van der Waals surface area contributed by atoms with Crippen molar-refractivity contribution in [3.05, 3.63) is 40.9 Å². The van der Waals surface area contributed by atoms with Crippen molar-refractivity contribution in [2.75, 3.05) is 0 Å². The number of aryl methyl sites for hydroxylation is 1. The zero-order chi connectivity index (χ0) is 9.97. The number of rotatable bonds is 2. The molecule has 0 bridgehead atoms. The van der Waals surface area contributed by atoms with Gasteiger partial charge in [0.05, 0.1) is 0 Å². The van der Waals surface area contributed by atoms with Gasteiger partial charge in [-0.05, 0) is 13.0 Å². The summed E-state index contributed by atoms with van der Waals surface area (Å²) in [5, 5.41) is 1.99. The molecule has 0 spiro atoms. The van der Waals surface area contributed by atoms with Crippen LogP contribution in [0.4, 0.5) is 0 Å². The minimum Gasteiger partial charge on any atom is -0.244 e. The lowest BCUT2D eigenvalue weighted by molar-refractivity contribution is 1.36. The fourth-order valence-corrected chi connectivity index (χ4v) is 2.53. The molecule has 1 nitrogen and oxygen atoms in total. The summed E-state index contributed by atoms with van der Waals surface area (Å²) < 4.78 is 0. The van der Waals surface area contributed by atoms with E-state index >= 15 is 0 Å². The maximum Gasteiger partial charge on any atom is 0.123 e. The van der Waals surface area contributed by atoms with Crippen molar-refractivity contribution >= 4 is 27.3 Å². The number of alkyl halides is 1. The van der Waals surface area contributed by atoms with Crippen LogP contribution in [0.25, 0.3) is 10.6 Å². The first-order chi connectivity index (χ1) is 6.79. The SMILES string of the molecule is Cc1cccc(-c2ncc(CBr)s2)c1. The second-order valence-electron chi connectivity index (χ2n) is 3.13. The summed E-state index contributed by atoms with van der Waals surface area (Å²) in [6.07, 6.45) is 1.93. The molecule has 0 radical (unpaired) electrons. The molecule has 2 aromatic rings. The van der Waals surface area contributed by atoms with Crippen LogP contribution in [0.5, 0.6) is 0 Å². The molecule has 0 N–H and O–H groups in total. The lowest BCUT2D eigenvalue weighted by atomic mass is 10.1. The normalized spacial score (nSPS) is 10.4. The molecule has 0 saturated heterocycles. The van der Waals surface area contributed by atoms with Gasteiger partial charge in [0.25, 0.3) is 0 Å². The molecule has 0 aliphatic heterocycles. The van der Waals surface area contributed by atoms with Gasteiger partial charge in [0.2, 0.25) is 0 Å². The van der Waals surface area contributed by atoms with Crippen LogP contribution in [0.3, 0.4) is 0 Å². The highest BCUT2D eigenvalue weighted by Crippen LogP contribution is 2.26. The molecule has 3 heteroatoms. The summed E-state index contributed by atoms with van der Waals surface area (Å²) in [7, 11) is 0. The molecular weight excluding hydrogens is 258 g/mol. The molecule has 0 fully saturated rings. The Balaban J connectivity index is 2.39. The average molecular weight is 268 g/mol. The molecular formula is C11H10BrNS. The number of halogens is 1. The number of benzene rings is 1. The highest BCUT2D eigenvalue weighted by Gasteiger charge is 2.03. The summed E-state index contributed by atoms with van der Waals surface area (Å²) in [5.74, 6) is 0. The van der Waals surface area contributed by atoms with Gasteiger partial charge in [0, 0.05) is 22.0 Å². The summed E-state index contributed by atoms with van der Waals surface area (Å²) in [5.41, 5.74) is 2.49. The smallest absolute Gasteiger partial charge is 0.123 e. The van der Waals surface area contributed by atoms with Crippen LogP contribution in [0.1, 0.15) is 10.4 Å². The summed E-state index contributed by atoms with van der Waals surface area (Å²) in [6, 6.07) is 8.43. The Morgan fingerprint density at radius 3 is 2.93 bits per heavy atom. The predicted octanol–water partition coefficient (Wildman–Crippen LogP) is 4.01. The van der Waals surface area contributed by atoms with Gasteiger partial charge in [0.15, 0.2) is 0 Å². The Labute approximate surface area is 95.9 Å². The van der Waals surface area contributed by atoms with Gasteiger partial charge in [-0.15, -0.1) is 11.3 Å². The zero-order valence-corrected chi connectivity index (χ0v) is 10.2. The molecule has 0 unspecified atom stereocenters. The second kappa shape index (κ2) is 4.24.